The lowest BCUT2D eigenvalue weighted by molar-refractivity contribution is -0.111. The van der Waals surface area contributed by atoms with Crippen molar-refractivity contribution in [1.29, 1.82) is 0 Å². The minimum atomic E-state index is -0.130. The first-order chi connectivity index (χ1) is 17.0. The summed E-state index contributed by atoms with van der Waals surface area (Å²) in [6, 6.07) is 16.4. The molecule has 0 bridgehead atoms. The molecule has 7 nitrogen and oxygen atoms in total. The Balaban J connectivity index is 1.33. The van der Waals surface area contributed by atoms with Crippen LogP contribution in [-0.2, 0) is 4.79 Å². The van der Waals surface area contributed by atoms with Crippen molar-refractivity contribution in [2.45, 2.75) is 25.7 Å². The van der Waals surface area contributed by atoms with E-state index >= 15 is 0 Å². The van der Waals surface area contributed by atoms with Gasteiger partial charge in [0.25, 0.3) is 0 Å². The monoisotopic (exact) mass is 466 g/mol. The quantitative estimate of drug-likeness (QED) is 0.294. The minimum Gasteiger partial charge on any atom is -0.323 e. The van der Waals surface area contributed by atoms with E-state index in [1.165, 1.54) is 18.5 Å². The molecule has 2 heterocycles. The molecule has 1 aliphatic carbocycles. The van der Waals surface area contributed by atoms with Gasteiger partial charge in [-0.3, -0.25) is 9.89 Å². The molecule has 0 unspecified atom stereocenters. The van der Waals surface area contributed by atoms with Gasteiger partial charge in [-0.05, 0) is 74.1 Å². The fourth-order valence-electron chi connectivity index (χ4n) is 4.08. The van der Waals surface area contributed by atoms with Crippen LogP contribution in [0, 0.1) is 6.92 Å². The Morgan fingerprint density at radius 2 is 1.89 bits per heavy atom. The van der Waals surface area contributed by atoms with Crippen molar-refractivity contribution in [3.63, 3.8) is 0 Å². The fraction of sp³-hybridized carbons (Fsp3) is 0.250. The largest absolute Gasteiger partial charge is 0.323 e. The van der Waals surface area contributed by atoms with Crippen molar-refractivity contribution in [2.24, 2.45) is 0 Å². The fourth-order valence-corrected chi connectivity index (χ4v) is 4.08. The van der Waals surface area contributed by atoms with Crippen molar-refractivity contribution in [2.75, 3.05) is 31.3 Å². The summed E-state index contributed by atoms with van der Waals surface area (Å²) in [5.74, 6) is 2.11. The van der Waals surface area contributed by atoms with E-state index in [-0.39, 0.29) is 5.91 Å². The van der Waals surface area contributed by atoms with Crippen molar-refractivity contribution in [3.8, 4) is 11.1 Å². The van der Waals surface area contributed by atoms with Crippen molar-refractivity contribution < 1.29 is 4.79 Å². The number of likely N-dealkylation sites (N-methyl/N-ethyl adjacent to an activating group) is 1. The van der Waals surface area contributed by atoms with E-state index in [0.717, 1.165) is 51.3 Å². The van der Waals surface area contributed by atoms with Gasteiger partial charge >= 0.3 is 0 Å². The smallest absolute Gasteiger partial charge is 0.248 e. The average molecular weight is 467 g/mol. The zero-order chi connectivity index (χ0) is 24.4. The summed E-state index contributed by atoms with van der Waals surface area (Å²) < 4.78 is 0. The van der Waals surface area contributed by atoms with Crippen molar-refractivity contribution in [1.82, 2.24) is 20.1 Å². The van der Waals surface area contributed by atoms with Gasteiger partial charge in [-0.1, -0.05) is 30.3 Å². The van der Waals surface area contributed by atoms with E-state index in [0.29, 0.717) is 5.92 Å². The Kier molecular flexibility index (Phi) is 6.33. The molecule has 2 aromatic heterocycles. The highest BCUT2D eigenvalue weighted by Crippen LogP contribution is 2.40. The second-order valence-electron chi connectivity index (χ2n) is 9.37. The topological polar surface area (TPSA) is 85.9 Å². The summed E-state index contributed by atoms with van der Waals surface area (Å²) in [5.41, 5.74) is 5.23. The average Bonchev–Trinajstić information content (AvgIpc) is 3.59. The number of benzene rings is 2. The molecule has 4 aromatic rings. The highest BCUT2D eigenvalue weighted by atomic mass is 16.1. The molecule has 0 spiro atoms. The lowest BCUT2D eigenvalue weighted by Crippen LogP contribution is -2.12. The molecular weight excluding hydrogens is 436 g/mol. The molecule has 1 amide bonds. The summed E-state index contributed by atoms with van der Waals surface area (Å²) >= 11 is 0. The lowest BCUT2D eigenvalue weighted by atomic mass is 9.99. The number of anilines is 3. The third-order valence-electron chi connectivity index (χ3n) is 6.23. The van der Waals surface area contributed by atoms with Crippen LogP contribution < -0.4 is 10.6 Å². The van der Waals surface area contributed by atoms with Crippen LogP contribution in [0.5, 0.6) is 0 Å². The van der Waals surface area contributed by atoms with Crippen LogP contribution in [0.15, 0.2) is 66.9 Å². The van der Waals surface area contributed by atoms with Gasteiger partial charge in [0, 0.05) is 47.6 Å². The van der Waals surface area contributed by atoms with Gasteiger partial charge in [0.05, 0.1) is 0 Å². The van der Waals surface area contributed by atoms with Crippen LogP contribution in [0.25, 0.3) is 21.9 Å². The number of pyridine rings is 1. The molecule has 0 aliphatic heterocycles. The maximum absolute atomic E-state index is 12.1. The second kappa shape index (κ2) is 9.72. The SMILES string of the molecule is Cc1c(Nc2cc(C3CC3)[nH]n2)ncc2ccc(-c3ccc(NC(=O)C=CCN(C)C)cc3)cc12. The second-order valence-corrected chi connectivity index (χ2v) is 9.37. The maximum Gasteiger partial charge on any atom is 0.248 e. The number of carbonyl (C=O) groups is 1. The minimum absolute atomic E-state index is 0.130. The molecular formula is C28H30N6O. The molecule has 2 aromatic carbocycles. The van der Waals surface area contributed by atoms with Crippen LogP contribution in [0.2, 0.25) is 0 Å². The third-order valence-corrected chi connectivity index (χ3v) is 6.23. The summed E-state index contributed by atoms with van der Waals surface area (Å²) in [7, 11) is 3.93. The molecule has 3 N–H and O–H groups in total. The number of rotatable bonds is 8. The van der Waals surface area contributed by atoms with Crippen molar-refractivity contribution in [3.05, 3.63) is 78.1 Å². The van der Waals surface area contributed by atoms with Gasteiger partial charge in [0.2, 0.25) is 5.91 Å². The summed E-state index contributed by atoms with van der Waals surface area (Å²) in [6.45, 7) is 2.81. The van der Waals surface area contributed by atoms with E-state index in [2.05, 4.69) is 57.0 Å². The van der Waals surface area contributed by atoms with Crippen LogP contribution in [0.1, 0.15) is 30.0 Å². The number of fused-ring (bicyclic) bond motifs is 1. The van der Waals surface area contributed by atoms with Gasteiger partial charge in [-0.2, -0.15) is 5.10 Å². The van der Waals surface area contributed by atoms with E-state index in [9.17, 15) is 4.79 Å². The predicted octanol–water partition coefficient (Wildman–Crippen LogP) is 5.61. The Morgan fingerprint density at radius 3 is 2.63 bits per heavy atom. The highest BCUT2D eigenvalue weighted by molar-refractivity contribution is 5.99. The van der Waals surface area contributed by atoms with Gasteiger partial charge in [-0.15, -0.1) is 0 Å². The first-order valence-electron chi connectivity index (χ1n) is 11.9. The van der Waals surface area contributed by atoms with Crippen molar-refractivity contribution >= 4 is 34.0 Å². The lowest BCUT2D eigenvalue weighted by Gasteiger charge is -2.11. The highest BCUT2D eigenvalue weighted by Gasteiger charge is 2.25. The van der Waals surface area contributed by atoms with E-state index in [1.807, 2.05) is 55.5 Å². The molecule has 1 aliphatic rings. The molecule has 7 heteroatoms. The standard InChI is InChI=1S/C28H30N6O/c1-18-24-15-21(19-10-12-23(13-11-19)30-27(35)5-4-14-34(2)3)8-9-22(24)17-29-28(18)31-26-16-25(32-33-26)20-6-7-20/h4-5,8-13,15-17,20H,6-7,14H2,1-3H3,(H,30,35)(H2,29,31,32,33). The Hall–Kier alpha value is -3.97. The van der Waals surface area contributed by atoms with E-state index < -0.39 is 0 Å². The van der Waals surface area contributed by atoms with Crippen LogP contribution in [0.3, 0.4) is 0 Å². The number of hydrogen-bond donors (Lipinski definition) is 3. The Labute approximate surface area is 205 Å². The summed E-state index contributed by atoms with van der Waals surface area (Å²) in [6.07, 6.45) is 7.77. The molecule has 1 saturated carbocycles. The number of amides is 1. The molecule has 0 atom stereocenters. The third kappa shape index (κ3) is 5.41. The number of nitrogens with zero attached hydrogens (tertiary/aromatic N) is 3. The number of carbonyl (C=O) groups excluding carboxylic acids is 1. The van der Waals surface area contributed by atoms with Gasteiger partial charge in [0.1, 0.15) is 5.82 Å². The first-order valence-corrected chi connectivity index (χ1v) is 11.9. The number of H-pyrrole nitrogens is 1. The number of aromatic amines is 1. The Bertz CT molecular complexity index is 1380. The summed E-state index contributed by atoms with van der Waals surface area (Å²) in [4.78, 5) is 18.7. The molecule has 178 valence electrons. The number of aryl methyl sites for hydroxylation is 1. The molecule has 5 rings (SSSR count). The summed E-state index contributed by atoms with van der Waals surface area (Å²) in [5, 5.41) is 16.0. The van der Waals surface area contributed by atoms with Gasteiger partial charge in [-0.25, -0.2) is 4.98 Å². The first kappa shape index (κ1) is 22.8. The zero-order valence-corrected chi connectivity index (χ0v) is 20.3. The zero-order valence-electron chi connectivity index (χ0n) is 20.3. The van der Waals surface area contributed by atoms with Crippen LogP contribution in [-0.4, -0.2) is 46.6 Å². The molecule has 35 heavy (non-hydrogen) atoms. The Morgan fingerprint density at radius 1 is 1.11 bits per heavy atom. The normalized spacial score (nSPS) is 13.6. The number of aromatic nitrogens is 3. The van der Waals surface area contributed by atoms with Crippen LogP contribution in [0.4, 0.5) is 17.3 Å². The van der Waals surface area contributed by atoms with Gasteiger partial charge in [0.15, 0.2) is 5.82 Å². The number of nitrogens with one attached hydrogen (secondary N) is 3. The predicted molar refractivity (Wildman–Crippen MR) is 142 cm³/mol. The van der Waals surface area contributed by atoms with Gasteiger partial charge < -0.3 is 15.5 Å². The maximum atomic E-state index is 12.1. The number of hydrogen-bond acceptors (Lipinski definition) is 5. The van der Waals surface area contributed by atoms with Crippen LogP contribution >= 0.6 is 0 Å². The molecule has 0 radical (unpaired) electrons. The van der Waals surface area contributed by atoms with E-state index in [4.69, 9.17) is 0 Å². The molecule has 1 fully saturated rings. The molecule has 0 saturated heterocycles. The van der Waals surface area contributed by atoms with E-state index in [1.54, 1.807) is 6.08 Å².